The maximum atomic E-state index is 11.7. The summed E-state index contributed by atoms with van der Waals surface area (Å²) in [6.07, 6.45) is 0.448. The van der Waals surface area contributed by atoms with Gasteiger partial charge >= 0.3 is 5.63 Å². The Morgan fingerprint density at radius 1 is 1.19 bits per heavy atom. The number of hydrogen-bond acceptors (Lipinski definition) is 4. The molecule has 1 aliphatic rings. The molecule has 0 bridgehead atoms. The number of morpholine rings is 1. The zero-order valence-corrected chi connectivity index (χ0v) is 12.8. The van der Waals surface area contributed by atoms with E-state index in [1.807, 2.05) is 19.1 Å². The zero-order valence-electron chi connectivity index (χ0n) is 12.8. The molecule has 1 fully saturated rings. The molecule has 3 rings (SSSR count). The predicted molar refractivity (Wildman–Crippen MR) is 82.5 cm³/mol. The molecular weight excluding hydrogens is 266 g/mol. The Bertz CT molecular complexity index is 697. The van der Waals surface area contributed by atoms with Crippen LogP contribution >= 0.6 is 0 Å². The Labute approximate surface area is 124 Å². The molecule has 1 saturated heterocycles. The second kappa shape index (κ2) is 5.62. The van der Waals surface area contributed by atoms with Gasteiger partial charge in [0.2, 0.25) is 0 Å². The highest BCUT2D eigenvalue weighted by Gasteiger charge is 2.22. The van der Waals surface area contributed by atoms with Crippen LogP contribution in [-0.4, -0.2) is 30.2 Å². The fraction of sp³-hybridized carbons (Fsp3) is 0.471. The van der Waals surface area contributed by atoms with Gasteiger partial charge in [-0.25, -0.2) is 4.79 Å². The van der Waals surface area contributed by atoms with Crippen molar-refractivity contribution in [2.75, 3.05) is 13.1 Å². The lowest BCUT2D eigenvalue weighted by molar-refractivity contribution is -0.0704. The number of hydrogen-bond donors (Lipinski definition) is 0. The molecule has 4 nitrogen and oxygen atoms in total. The van der Waals surface area contributed by atoms with E-state index >= 15 is 0 Å². The average Bonchev–Trinajstić information content (AvgIpc) is 2.38. The minimum absolute atomic E-state index is 0.224. The summed E-state index contributed by atoms with van der Waals surface area (Å²) in [5.41, 5.74) is 2.58. The quantitative estimate of drug-likeness (QED) is 0.797. The van der Waals surface area contributed by atoms with Gasteiger partial charge in [-0.3, -0.25) is 4.90 Å². The first-order valence-corrected chi connectivity index (χ1v) is 7.42. The maximum Gasteiger partial charge on any atom is 0.336 e. The van der Waals surface area contributed by atoms with E-state index in [2.05, 4.69) is 24.8 Å². The van der Waals surface area contributed by atoms with Crippen LogP contribution < -0.4 is 5.63 Å². The Morgan fingerprint density at radius 3 is 2.62 bits per heavy atom. The smallest absolute Gasteiger partial charge is 0.336 e. The number of ether oxygens (including phenoxy) is 1. The van der Waals surface area contributed by atoms with Crippen LogP contribution in [-0.2, 0) is 11.3 Å². The van der Waals surface area contributed by atoms with Crippen molar-refractivity contribution in [3.05, 3.63) is 45.8 Å². The van der Waals surface area contributed by atoms with Gasteiger partial charge in [-0.2, -0.15) is 0 Å². The van der Waals surface area contributed by atoms with E-state index < -0.39 is 0 Å². The fourth-order valence-electron chi connectivity index (χ4n) is 3.13. The molecule has 1 aromatic carbocycles. The molecule has 0 spiro atoms. The molecule has 0 radical (unpaired) electrons. The van der Waals surface area contributed by atoms with Gasteiger partial charge in [-0.1, -0.05) is 11.6 Å². The second-order valence-corrected chi connectivity index (χ2v) is 6.04. The van der Waals surface area contributed by atoms with E-state index in [4.69, 9.17) is 9.15 Å². The summed E-state index contributed by atoms with van der Waals surface area (Å²) in [6.45, 7) is 8.75. The van der Waals surface area contributed by atoms with Gasteiger partial charge in [0.1, 0.15) is 5.58 Å². The fourth-order valence-corrected chi connectivity index (χ4v) is 3.13. The SMILES string of the molecule is Cc1ccc2oc(=O)cc(CN3C[C@H](C)O[C@@H](C)C3)c2c1. The van der Waals surface area contributed by atoms with Crippen molar-refractivity contribution in [1.82, 2.24) is 4.90 Å². The van der Waals surface area contributed by atoms with Crippen molar-refractivity contribution in [3.8, 4) is 0 Å². The van der Waals surface area contributed by atoms with Crippen molar-refractivity contribution in [3.63, 3.8) is 0 Å². The normalized spacial score (nSPS) is 23.6. The van der Waals surface area contributed by atoms with Crippen molar-refractivity contribution < 1.29 is 9.15 Å². The van der Waals surface area contributed by atoms with E-state index in [-0.39, 0.29) is 17.8 Å². The number of aryl methyl sites for hydroxylation is 1. The second-order valence-electron chi connectivity index (χ2n) is 6.04. The summed E-state index contributed by atoms with van der Waals surface area (Å²) in [4.78, 5) is 14.1. The first-order valence-electron chi connectivity index (χ1n) is 7.42. The van der Waals surface area contributed by atoms with Crippen LogP contribution in [0.2, 0.25) is 0 Å². The van der Waals surface area contributed by atoms with Crippen molar-refractivity contribution in [2.24, 2.45) is 0 Å². The maximum absolute atomic E-state index is 11.7. The average molecular weight is 287 g/mol. The van der Waals surface area contributed by atoms with Gasteiger partial charge in [0.05, 0.1) is 12.2 Å². The number of rotatable bonds is 2. The van der Waals surface area contributed by atoms with Gasteiger partial charge in [-0.05, 0) is 38.5 Å². The van der Waals surface area contributed by atoms with E-state index in [1.54, 1.807) is 6.07 Å². The monoisotopic (exact) mass is 287 g/mol. The highest BCUT2D eigenvalue weighted by atomic mass is 16.5. The highest BCUT2D eigenvalue weighted by molar-refractivity contribution is 5.80. The first-order chi connectivity index (χ1) is 10.0. The number of fused-ring (bicyclic) bond motifs is 1. The van der Waals surface area contributed by atoms with Crippen molar-refractivity contribution in [2.45, 2.75) is 39.5 Å². The molecule has 2 atom stereocenters. The predicted octanol–water partition coefficient (Wildman–Crippen LogP) is 2.71. The minimum atomic E-state index is -0.282. The van der Waals surface area contributed by atoms with Crippen LogP contribution in [0.25, 0.3) is 11.0 Å². The summed E-state index contributed by atoms with van der Waals surface area (Å²) in [5, 5.41) is 1.03. The third-order valence-electron chi connectivity index (χ3n) is 3.87. The molecule has 0 unspecified atom stereocenters. The molecule has 0 amide bonds. The third kappa shape index (κ3) is 3.17. The molecule has 0 N–H and O–H groups in total. The third-order valence-corrected chi connectivity index (χ3v) is 3.87. The summed E-state index contributed by atoms with van der Waals surface area (Å²) in [6, 6.07) is 7.54. The van der Waals surface area contributed by atoms with Crippen molar-refractivity contribution in [1.29, 1.82) is 0 Å². The standard InChI is InChI=1S/C17H21NO3/c1-11-4-5-16-15(6-11)14(7-17(19)21-16)10-18-8-12(2)20-13(3)9-18/h4-7,12-13H,8-10H2,1-3H3/t12-,13-/m0/s1. The Morgan fingerprint density at radius 2 is 1.90 bits per heavy atom. The summed E-state index contributed by atoms with van der Waals surface area (Å²) in [7, 11) is 0. The van der Waals surface area contributed by atoms with Crippen molar-refractivity contribution >= 4 is 11.0 Å². The van der Waals surface area contributed by atoms with E-state index in [1.165, 1.54) is 5.56 Å². The largest absolute Gasteiger partial charge is 0.423 e. The Balaban J connectivity index is 1.96. The first kappa shape index (κ1) is 14.3. The summed E-state index contributed by atoms with van der Waals surface area (Å²) >= 11 is 0. The lowest BCUT2D eigenvalue weighted by Gasteiger charge is -2.35. The van der Waals surface area contributed by atoms with Gasteiger partial charge in [0.25, 0.3) is 0 Å². The van der Waals surface area contributed by atoms with Crippen LogP contribution in [0.5, 0.6) is 0 Å². The number of nitrogens with zero attached hydrogens (tertiary/aromatic N) is 1. The molecule has 1 aliphatic heterocycles. The molecule has 2 heterocycles. The van der Waals surface area contributed by atoms with Gasteiger partial charge in [-0.15, -0.1) is 0 Å². The Hall–Kier alpha value is -1.65. The molecule has 0 saturated carbocycles. The minimum Gasteiger partial charge on any atom is -0.423 e. The Kier molecular flexibility index (Phi) is 3.83. The molecule has 2 aromatic rings. The van der Waals surface area contributed by atoms with Crippen LogP contribution in [0.3, 0.4) is 0 Å². The molecule has 112 valence electrons. The zero-order chi connectivity index (χ0) is 15.0. The van der Waals surface area contributed by atoms with Gasteiger partial charge < -0.3 is 9.15 Å². The van der Waals surface area contributed by atoms with Crippen LogP contribution in [0, 0.1) is 6.92 Å². The summed E-state index contributed by atoms with van der Waals surface area (Å²) < 4.78 is 11.1. The molecule has 4 heteroatoms. The molecule has 21 heavy (non-hydrogen) atoms. The van der Waals surface area contributed by atoms with Gasteiger partial charge in [0, 0.05) is 31.1 Å². The van der Waals surface area contributed by atoms with Gasteiger partial charge in [0.15, 0.2) is 0 Å². The lowest BCUT2D eigenvalue weighted by atomic mass is 10.1. The van der Waals surface area contributed by atoms with E-state index in [0.29, 0.717) is 5.58 Å². The van der Waals surface area contributed by atoms with Crippen LogP contribution in [0.4, 0.5) is 0 Å². The lowest BCUT2D eigenvalue weighted by Crippen LogP contribution is -2.44. The summed E-state index contributed by atoms with van der Waals surface area (Å²) in [5.74, 6) is 0. The molecule has 1 aromatic heterocycles. The van der Waals surface area contributed by atoms with E-state index in [0.717, 1.165) is 30.6 Å². The van der Waals surface area contributed by atoms with E-state index in [9.17, 15) is 4.79 Å². The highest BCUT2D eigenvalue weighted by Crippen LogP contribution is 2.21. The molecular formula is C17H21NO3. The number of benzene rings is 1. The van der Waals surface area contributed by atoms with Crippen LogP contribution in [0.15, 0.2) is 33.5 Å². The van der Waals surface area contributed by atoms with Crippen LogP contribution in [0.1, 0.15) is 25.0 Å². The molecule has 0 aliphatic carbocycles. The topological polar surface area (TPSA) is 42.7 Å².